The van der Waals surface area contributed by atoms with Crippen LogP contribution >= 0.6 is 0 Å². The molecule has 1 atom stereocenters. The minimum atomic E-state index is -1.17. The number of carboxylic acid groups (broad SMARTS) is 1. The third kappa shape index (κ3) is 1.93. The van der Waals surface area contributed by atoms with E-state index in [0.29, 0.717) is 0 Å². The van der Waals surface area contributed by atoms with Crippen molar-refractivity contribution in [1.29, 1.82) is 0 Å². The van der Waals surface area contributed by atoms with Crippen LogP contribution in [0.3, 0.4) is 0 Å². The summed E-state index contributed by atoms with van der Waals surface area (Å²) in [6.07, 6.45) is 3.33. The number of fused-ring (bicyclic) bond motifs is 3. The van der Waals surface area contributed by atoms with Gasteiger partial charge in [-0.3, -0.25) is 4.79 Å². The van der Waals surface area contributed by atoms with Crippen LogP contribution in [-0.4, -0.2) is 15.6 Å². The van der Waals surface area contributed by atoms with Crippen LogP contribution in [0.4, 0.5) is 0 Å². The smallest absolute Gasteiger partial charge is 0.341 e. The number of carbonyl (C=O) groups is 1. The first-order valence-electron chi connectivity index (χ1n) is 6.65. The Hall–Kier alpha value is -2.36. The number of hydrogen-bond donors (Lipinski definition) is 1. The molecule has 0 saturated heterocycles. The molecule has 0 bridgehead atoms. The lowest BCUT2D eigenvalue weighted by atomic mass is 10.0. The maximum absolute atomic E-state index is 12.0. The van der Waals surface area contributed by atoms with E-state index in [9.17, 15) is 9.59 Å². The average Bonchev–Trinajstić information content (AvgIpc) is 2.56. The number of aromatic carboxylic acids is 1. The van der Waals surface area contributed by atoms with E-state index in [1.807, 2.05) is 29.7 Å². The summed E-state index contributed by atoms with van der Waals surface area (Å²) < 4.78 is 1.91. The zero-order valence-corrected chi connectivity index (χ0v) is 11.2. The average molecular weight is 269 g/mol. The predicted molar refractivity (Wildman–Crippen MR) is 76.1 cm³/mol. The molecule has 102 valence electrons. The van der Waals surface area contributed by atoms with Crippen LogP contribution < -0.4 is 5.43 Å². The van der Waals surface area contributed by atoms with Gasteiger partial charge in [0.15, 0.2) is 5.43 Å². The molecule has 20 heavy (non-hydrogen) atoms. The Morgan fingerprint density at radius 3 is 2.85 bits per heavy atom. The van der Waals surface area contributed by atoms with E-state index >= 15 is 0 Å². The molecular weight excluding hydrogens is 254 g/mol. The summed E-state index contributed by atoms with van der Waals surface area (Å²) in [5.74, 6) is -1.17. The molecule has 1 aliphatic heterocycles. The molecule has 4 nitrogen and oxygen atoms in total. The largest absolute Gasteiger partial charge is 0.477 e. The number of benzene rings is 1. The van der Waals surface area contributed by atoms with Crippen molar-refractivity contribution in [2.75, 3.05) is 0 Å². The lowest BCUT2D eigenvalue weighted by molar-refractivity contribution is 0.0694. The van der Waals surface area contributed by atoms with Crippen LogP contribution in [0.1, 0.15) is 35.3 Å². The Morgan fingerprint density at radius 2 is 2.10 bits per heavy atom. The molecule has 2 heterocycles. The van der Waals surface area contributed by atoms with E-state index in [2.05, 4.69) is 6.07 Å². The fourth-order valence-electron chi connectivity index (χ4n) is 2.78. The molecule has 3 rings (SSSR count). The first kappa shape index (κ1) is 12.7. The Balaban J connectivity index is 2.32. The number of hydrogen-bond acceptors (Lipinski definition) is 2. The highest BCUT2D eigenvalue weighted by Crippen LogP contribution is 2.32. The SMILES string of the molecule is CC1CCc2ccccc2-c2cc(=O)c(C(=O)O)cn21. The monoisotopic (exact) mass is 269 g/mol. The predicted octanol–water partition coefficient (Wildman–Crippen LogP) is 2.72. The van der Waals surface area contributed by atoms with E-state index in [1.165, 1.54) is 17.8 Å². The minimum absolute atomic E-state index is 0.163. The summed E-state index contributed by atoms with van der Waals surface area (Å²) in [5.41, 5.74) is 2.42. The van der Waals surface area contributed by atoms with Crippen LogP contribution in [0, 0.1) is 0 Å². The molecule has 1 aromatic heterocycles. The number of pyridine rings is 1. The molecule has 0 aliphatic carbocycles. The third-order valence-corrected chi connectivity index (χ3v) is 3.91. The Morgan fingerprint density at radius 1 is 1.35 bits per heavy atom. The van der Waals surface area contributed by atoms with Gasteiger partial charge in [0.2, 0.25) is 0 Å². The van der Waals surface area contributed by atoms with Gasteiger partial charge in [0.25, 0.3) is 0 Å². The van der Waals surface area contributed by atoms with Gasteiger partial charge in [-0.2, -0.15) is 0 Å². The van der Waals surface area contributed by atoms with Gasteiger partial charge in [-0.15, -0.1) is 0 Å². The van der Waals surface area contributed by atoms with Crippen molar-refractivity contribution in [2.24, 2.45) is 0 Å². The Labute approximate surface area is 116 Å². The van der Waals surface area contributed by atoms with Crippen molar-refractivity contribution >= 4 is 5.97 Å². The van der Waals surface area contributed by atoms with Crippen LogP contribution in [0.5, 0.6) is 0 Å². The fourth-order valence-corrected chi connectivity index (χ4v) is 2.78. The molecule has 2 aromatic rings. The highest BCUT2D eigenvalue weighted by Gasteiger charge is 2.21. The highest BCUT2D eigenvalue weighted by atomic mass is 16.4. The quantitative estimate of drug-likeness (QED) is 0.866. The number of nitrogens with zero attached hydrogens (tertiary/aromatic N) is 1. The normalized spacial score (nSPS) is 16.9. The van der Waals surface area contributed by atoms with Gasteiger partial charge >= 0.3 is 5.97 Å². The van der Waals surface area contributed by atoms with Gasteiger partial charge in [-0.25, -0.2) is 4.79 Å². The highest BCUT2D eigenvalue weighted by molar-refractivity contribution is 5.87. The zero-order valence-electron chi connectivity index (χ0n) is 11.2. The number of carboxylic acids is 1. The maximum atomic E-state index is 12.0. The van der Waals surface area contributed by atoms with Gasteiger partial charge in [0, 0.05) is 23.9 Å². The topological polar surface area (TPSA) is 59.3 Å². The van der Waals surface area contributed by atoms with Gasteiger partial charge in [0.1, 0.15) is 5.56 Å². The molecule has 1 aliphatic rings. The molecule has 0 amide bonds. The van der Waals surface area contributed by atoms with Crippen molar-refractivity contribution < 1.29 is 9.90 Å². The second kappa shape index (κ2) is 4.63. The van der Waals surface area contributed by atoms with Crippen LogP contribution in [-0.2, 0) is 6.42 Å². The molecular formula is C16H15NO3. The summed E-state index contributed by atoms with van der Waals surface area (Å²) in [6.45, 7) is 2.05. The molecule has 0 radical (unpaired) electrons. The van der Waals surface area contributed by atoms with Crippen molar-refractivity contribution in [3.8, 4) is 11.3 Å². The lowest BCUT2D eigenvalue weighted by Crippen LogP contribution is -2.19. The number of aryl methyl sites for hydroxylation is 1. The molecule has 0 spiro atoms. The van der Waals surface area contributed by atoms with E-state index in [4.69, 9.17) is 5.11 Å². The summed E-state index contributed by atoms with van der Waals surface area (Å²) in [7, 11) is 0. The van der Waals surface area contributed by atoms with Crippen LogP contribution in [0.2, 0.25) is 0 Å². The zero-order chi connectivity index (χ0) is 14.3. The molecule has 1 N–H and O–H groups in total. The molecule has 1 aromatic carbocycles. The van der Waals surface area contributed by atoms with Crippen molar-refractivity contribution in [3.63, 3.8) is 0 Å². The summed E-state index contributed by atoms with van der Waals surface area (Å²) in [5, 5.41) is 9.11. The molecule has 0 saturated carbocycles. The van der Waals surface area contributed by atoms with Gasteiger partial charge in [-0.05, 0) is 25.3 Å². The molecule has 1 unspecified atom stereocenters. The van der Waals surface area contributed by atoms with Gasteiger partial charge in [0.05, 0.1) is 5.69 Å². The van der Waals surface area contributed by atoms with E-state index in [0.717, 1.165) is 24.1 Å². The lowest BCUT2D eigenvalue weighted by Gasteiger charge is -2.18. The number of aromatic nitrogens is 1. The standard InChI is InChI=1S/C16H15NO3/c1-10-6-7-11-4-2-3-5-12(11)14-8-15(18)13(16(19)20)9-17(10)14/h2-5,8-10H,6-7H2,1H3,(H,19,20). The summed E-state index contributed by atoms with van der Waals surface area (Å²) in [6, 6.07) is 9.59. The fraction of sp³-hybridized carbons (Fsp3) is 0.250. The van der Waals surface area contributed by atoms with E-state index < -0.39 is 11.4 Å². The second-order valence-electron chi connectivity index (χ2n) is 5.19. The van der Waals surface area contributed by atoms with E-state index in [-0.39, 0.29) is 11.6 Å². The first-order chi connectivity index (χ1) is 9.58. The van der Waals surface area contributed by atoms with Crippen LogP contribution in [0.15, 0.2) is 41.3 Å². The molecule has 4 heteroatoms. The summed E-state index contributed by atoms with van der Waals surface area (Å²) in [4.78, 5) is 23.1. The van der Waals surface area contributed by atoms with Crippen molar-refractivity contribution in [1.82, 2.24) is 4.57 Å². The Kier molecular flexibility index (Phi) is 2.93. The molecule has 0 fully saturated rings. The maximum Gasteiger partial charge on any atom is 0.341 e. The first-order valence-corrected chi connectivity index (χ1v) is 6.65. The second-order valence-corrected chi connectivity index (χ2v) is 5.19. The van der Waals surface area contributed by atoms with Gasteiger partial charge in [-0.1, -0.05) is 24.3 Å². The van der Waals surface area contributed by atoms with Crippen molar-refractivity contribution in [3.05, 3.63) is 57.9 Å². The van der Waals surface area contributed by atoms with Crippen LogP contribution in [0.25, 0.3) is 11.3 Å². The van der Waals surface area contributed by atoms with Gasteiger partial charge < -0.3 is 9.67 Å². The summed E-state index contributed by atoms with van der Waals surface area (Å²) >= 11 is 0. The van der Waals surface area contributed by atoms with Crippen molar-refractivity contribution in [2.45, 2.75) is 25.8 Å². The number of rotatable bonds is 1. The minimum Gasteiger partial charge on any atom is -0.477 e. The van der Waals surface area contributed by atoms with E-state index in [1.54, 1.807) is 0 Å². The third-order valence-electron chi connectivity index (χ3n) is 3.91. The Bertz CT molecular complexity index is 746.